The lowest BCUT2D eigenvalue weighted by molar-refractivity contribution is 0.669. The van der Waals surface area contributed by atoms with Crippen LogP contribution in [0, 0.1) is 0 Å². The summed E-state index contributed by atoms with van der Waals surface area (Å²) in [5, 5.41) is 4.45. The van der Waals surface area contributed by atoms with Crippen LogP contribution in [0.4, 0.5) is 0 Å². The van der Waals surface area contributed by atoms with Crippen molar-refractivity contribution < 1.29 is 4.42 Å². The Bertz CT molecular complexity index is 2940. The van der Waals surface area contributed by atoms with E-state index in [9.17, 15) is 0 Å². The van der Waals surface area contributed by atoms with E-state index in [1.54, 1.807) is 0 Å². The van der Waals surface area contributed by atoms with Crippen molar-refractivity contribution in [3.8, 4) is 45.3 Å². The monoisotopic (exact) mass is 645 g/mol. The molecule has 0 aliphatic heterocycles. The molecule has 11 heteroatoms. The van der Waals surface area contributed by atoms with Crippen molar-refractivity contribution in [1.29, 1.82) is 0 Å². The number of hydrogen-bond acceptors (Lipinski definition) is 4. The molecule has 0 spiro atoms. The Labute approximate surface area is 309 Å². The smallest absolute Gasteiger partial charge is 0.164 e. The Balaban J connectivity index is 1.34. The molecule has 0 fully saturated rings. The quantitative estimate of drug-likeness (QED) is 0.277. The average molecular weight is 644 g/mol. The second kappa shape index (κ2) is 12.2. The van der Waals surface area contributed by atoms with Gasteiger partial charge in [0.1, 0.15) is 66.1 Å². The van der Waals surface area contributed by atoms with Crippen molar-refractivity contribution in [2.45, 2.75) is 0 Å². The second-order valence-electron chi connectivity index (χ2n) is 12.7. The highest BCUT2D eigenvalue weighted by molar-refractivity contribution is 6.71. The lowest BCUT2D eigenvalue weighted by Crippen LogP contribution is -2.52. The molecule has 0 amide bonds. The average Bonchev–Trinajstić information content (AvgIpc) is 3.57. The predicted octanol–water partition coefficient (Wildman–Crippen LogP) is 2.30. The Kier molecular flexibility index (Phi) is 7.59. The number of aromatic nitrogens is 3. The summed E-state index contributed by atoms with van der Waals surface area (Å²) in [5.41, 5.74) is 6.49. The molecule has 9 rings (SSSR count). The van der Waals surface area contributed by atoms with E-state index in [0.29, 0.717) is 33.8 Å². The largest absolute Gasteiger partial charge is 0.456 e. The van der Waals surface area contributed by atoms with Crippen LogP contribution in [0.5, 0.6) is 0 Å². The van der Waals surface area contributed by atoms with Gasteiger partial charge in [0.25, 0.3) is 0 Å². The van der Waals surface area contributed by atoms with Crippen LogP contribution in [0.2, 0.25) is 0 Å². The van der Waals surface area contributed by atoms with E-state index in [1.165, 1.54) is 0 Å². The molecule has 2 heterocycles. The van der Waals surface area contributed by atoms with Gasteiger partial charge in [-0.3, -0.25) is 0 Å². The first kappa shape index (κ1) is 32.2. The van der Waals surface area contributed by atoms with Gasteiger partial charge in [-0.25, -0.2) is 15.0 Å². The summed E-state index contributed by atoms with van der Waals surface area (Å²) in [6.07, 6.45) is 0. The summed E-state index contributed by atoms with van der Waals surface area (Å²) in [6.45, 7) is 0. The molecule has 14 radical (unpaired) electrons. The van der Waals surface area contributed by atoms with Crippen LogP contribution in [-0.4, -0.2) is 69.9 Å². The Morgan fingerprint density at radius 2 is 0.846 bits per heavy atom. The third kappa shape index (κ3) is 4.82. The lowest BCUT2D eigenvalue weighted by Gasteiger charge is -2.26. The maximum absolute atomic E-state index is 6.76. The van der Waals surface area contributed by atoms with E-state index in [4.69, 9.17) is 74.3 Å². The van der Waals surface area contributed by atoms with Crippen LogP contribution < -0.4 is 38.2 Å². The topological polar surface area (TPSA) is 51.8 Å². The fraction of sp³-hybridized carbons (Fsp3) is 0. The Morgan fingerprint density at radius 3 is 1.58 bits per heavy atom. The molecular formula is C41H18B7N3O. The van der Waals surface area contributed by atoms with Gasteiger partial charge in [0.2, 0.25) is 0 Å². The van der Waals surface area contributed by atoms with Crippen molar-refractivity contribution in [2.24, 2.45) is 0 Å². The van der Waals surface area contributed by atoms with Gasteiger partial charge in [-0.05, 0) is 44.8 Å². The van der Waals surface area contributed by atoms with Crippen LogP contribution in [0.25, 0.3) is 88.8 Å². The molecule has 4 nitrogen and oxygen atoms in total. The van der Waals surface area contributed by atoms with Crippen molar-refractivity contribution in [2.75, 3.05) is 0 Å². The summed E-state index contributed by atoms with van der Waals surface area (Å²) >= 11 is 0. The van der Waals surface area contributed by atoms with Crippen molar-refractivity contribution in [1.82, 2.24) is 15.0 Å². The van der Waals surface area contributed by atoms with E-state index < -0.39 is 0 Å². The summed E-state index contributed by atoms with van der Waals surface area (Å²) in [4.78, 5) is 15.2. The van der Waals surface area contributed by atoms with E-state index in [0.717, 1.165) is 55.0 Å². The van der Waals surface area contributed by atoms with E-state index >= 15 is 0 Å². The highest BCUT2D eigenvalue weighted by Gasteiger charge is 2.22. The van der Waals surface area contributed by atoms with Crippen molar-refractivity contribution in [3.63, 3.8) is 0 Å². The molecular weight excluding hydrogens is 626 g/mol. The summed E-state index contributed by atoms with van der Waals surface area (Å²) in [7, 11) is 45.5. The van der Waals surface area contributed by atoms with Crippen LogP contribution >= 0.6 is 0 Å². The molecule has 52 heavy (non-hydrogen) atoms. The molecule has 9 aromatic rings. The SMILES string of the molecule is [B]c1c([B])c([B])c2c(-c3cccc4c(-c5nc(-c6ccccc6)nc(-c6cccc7oc8ccccc8c67)n5)cccc34)c([B])c([B])c([B])c2c1[B]. The molecule has 0 atom stereocenters. The normalized spacial score (nSPS) is 11.6. The zero-order valence-corrected chi connectivity index (χ0v) is 27.7. The molecule has 224 valence electrons. The van der Waals surface area contributed by atoms with Gasteiger partial charge in [-0.2, -0.15) is 0 Å². The van der Waals surface area contributed by atoms with Crippen LogP contribution in [0.3, 0.4) is 0 Å². The zero-order chi connectivity index (χ0) is 35.8. The van der Waals surface area contributed by atoms with Gasteiger partial charge in [0.05, 0.1) is 0 Å². The fourth-order valence-electron chi connectivity index (χ4n) is 7.21. The Morgan fingerprint density at radius 1 is 0.346 bits per heavy atom. The van der Waals surface area contributed by atoms with E-state index in [-0.39, 0.29) is 38.2 Å². The summed E-state index contributed by atoms with van der Waals surface area (Å²) < 4.78 is 6.21. The minimum absolute atomic E-state index is 0.131. The molecule has 0 aliphatic carbocycles. The van der Waals surface area contributed by atoms with Gasteiger partial charge in [-0.1, -0.05) is 119 Å². The van der Waals surface area contributed by atoms with E-state index in [1.807, 2.05) is 109 Å². The minimum atomic E-state index is 0.131. The number of furan rings is 1. The van der Waals surface area contributed by atoms with Crippen molar-refractivity contribution in [3.05, 3.63) is 109 Å². The molecule has 0 bridgehead atoms. The minimum Gasteiger partial charge on any atom is -0.456 e. The third-order valence-electron chi connectivity index (χ3n) is 9.77. The van der Waals surface area contributed by atoms with E-state index in [2.05, 4.69) is 0 Å². The first-order chi connectivity index (χ1) is 25.2. The van der Waals surface area contributed by atoms with Gasteiger partial charge in [0, 0.05) is 27.5 Å². The highest BCUT2D eigenvalue weighted by Crippen LogP contribution is 2.38. The molecule has 0 N–H and O–H groups in total. The van der Waals surface area contributed by atoms with Gasteiger partial charge >= 0.3 is 0 Å². The zero-order valence-electron chi connectivity index (χ0n) is 27.7. The summed E-state index contributed by atoms with van der Waals surface area (Å²) in [6, 6.07) is 35.5. The molecule has 0 unspecified atom stereocenters. The number of fused-ring (bicyclic) bond motifs is 5. The second-order valence-corrected chi connectivity index (χ2v) is 12.7. The highest BCUT2D eigenvalue weighted by atomic mass is 16.3. The number of nitrogens with zero attached hydrogens (tertiary/aromatic N) is 3. The van der Waals surface area contributed by atoms with Crippen LogP contribution in [0.15, 0.2) is 114 Å². The first-order valence-electron chi connectivity index (χ1n) is 16.5. The number of hydrogen-bond donors (Lipinski definition) is 0. The van der Waals surface area contributed by atoms with Crippen molar-refractivity contribution >= 4 is 137 Å². The standard InChI is InChI=1S/C41H18B7N3O/c42-32-29(30-31(34(44)36(32)46)35(45)38(48)37(47)33(30)43)22-14-6-13-21-20(22)12-7-15-23(21)40-49-39(19-9-2-1-3-10-19)50-41(51-40)25-16-8-18-27-28(25)24-11-4-5-17-26(24)52-27/h1-18H. The molecule has 0 aliphatic rings. The van der Waals surface area contributed by atoms with Gasteiger partial charge < -0.3 is 4.42 Å². The van der Waals surface area contributed by atoms with Gasteiger partial charge in [0.15, 0.2) is 17.5 Å². The number of para-hydroxylation sites is 1. The number of benzene rings is 7. The fourth-order valence-corrected chi connectivity index (χ4v) is 7.21. The van der Waals surface area contributed by atoms with Crippen LogP contribution in [-0.2, 0) is 0 Å². The lowest BCUT2D eigenvalue weighted by atomic mass is 9.58. The maximum atomic E-state index is 6.76. The van der Waals surface area contributed by atoms with Gasteiger partial charge in [-0.15, -0.1) is 16.4 Å². The molecule has 0 saturated carbocycles. The molecule has 7 aromatic carbocycles. The van der Waals surface area contributed by atoms with Crippen LogP contribution in [0.1, 0.15) is 0 Å². The molecule has 2 aromatic heterocycles. The predicted molar refractivity (Wildman–Crippen MR) is 222 cm³/mol. The first-order valence-corrected chi connectivity index (χ1v) is 16.5. The number of rotatable bonds is 4. The maximum Gasteiger partial charge on any atom is 0.164 e. The molecule has 0 saturated heterocycles. The summed E-state index contributed by atoms with van der Waals surface area (Å²) in [5.74, 6) is 1.51. The third-order valence-corrected chi connectivity index (χ3v) is 9.77. The Hall–Kier alpha value is -5.68.